The van der Waals surface area contributed by atoms with Gasteiger partial charge in [-0.3, -0.25) is 0 Å². The van der Waals surface area contributed by atoms with Crippen LogP contribution in [0.4, 0.5) is 5.69 Å². The van der Waals surface area contributed by atoms with Gasteiger partial charge >= 0.3 is 0 Å². The van der Waals surface area contributed by atoms with Crippen molar-refractivity contribution >= 4 is 15.7 Å². The maximum absolute atomic E-state index is 12.0. The lowest BCUT2D eigenvalue weighted by Gasteiger charge is -2.13. The number of benzene rings is 1. The van der Waals surface area contributed by atoms with Gasteiger partial charge < -0.3 is 10.8 Å². The van der Waals surface area contributed by atoms with E-state index >= 15 is 0 Å². The molecule has 0 atom stereocenters. The molecule has 0 aromatic heterocycles. The fourth-order valence-electron chi connectivity index (χ4n) is 1.53. The van der Waals surface area contributed by atoms with Gasteiger partial charge in [-0.2, -0.15) is 0 Å². The van der Waals surface area contributed by atoms with Crippen molar-refractivity contribution in [2.45, 2.75) is 25.2 Å². The van der Waals surface area contributed by atoms with Crippen LogP contribution in [0.2, 0.25) is 0 Å². The van der Waals surface area contributed by atoms with Gasteiger partial charge in [0.25, 0.3) is 0 Å². The molecule has 0 spiro atoms. The van der Waals surface area contributed by atoms with Gasteiger partial charge in [0.1, 0.15) is 4.90 Å². The first-order chi connectivity index (χ1) is 7.90. The zero-order valence-electron chi connectivity index (χ0n) is 10.0. The molecule has 0 aliphatic carbocycles. The number of aliphatic hydroxyl groups excluding tert-OH is 1. The molecule has 17 heavy (non-hydrogen) atoms. The highest BCUT2D eigenvalue weighted by Gasteiger charge is 2.20. The lowest BCUT2D eigenvalue weighted by molar-refractivity contribution is 0.289. The van der Waals surface area contributed by atoms with E-state index in [-0.39, 0.29) is 23.7 Å². The molecule has 0 aliphatic heterocycles. The van der Waals surface area contributed by atoms with E-state index in [2.05, 4.69) is 4.72 Å². The van der Waals surface area contributed by atoms with Crippen LogP contribution in [0.5, 0.6) is 0 Å². The topological polar surface area (TPSA) is 92.4 Å². The summed E-state index contributed by atoms with van der Waals surface area (Å²) in [4.78, 5) is 0.135. The normalized spacial score (nSPS) is 11.7. The molecule has 0 amide bonds. The van der Waals surface area contributed by atoms with Crippen LogP contribution < -0.4 is 10.5 Å². The van der Waals surface area contributed by atoms with Gasteiger partial charge in [0.05, 0.1) is 5.69 Å². The molecule has 96 valence electrons. The number of aryl methyl sites for hydroxylation is 1. The summed E-state index contributed by atoms with van der Waals surface area (Å²) in [6.07, 6.45) is 0.379. The number of rotatable bonds is 5. The SMILES string of the molecule is Cc1ccc(N)c(S(=O)(=O)NCCCO)c1C. The van der Waals surface area contributed by atoms with E-state index in [1.807, 2.05) is 6.92 Å². The molecule has 4 N–H and O–H groups in total. The van der Waals surface area contributed by atoms with Crippen LogP contribution >= 0.6 is 0 Å². The Morgan fingerprint density at radius 1 is 1.35 bits per heavy atom. The third kappa shape index (κ3) is 3.18. The Bertz CT molecular complexity index is 498. The Morgan fingerprint density at radius 3 is 2.59 bits per heavy atom. The molecule has 0 radical (unpaired) electrons. The van der Waals surface area contributed by atoms with E-state index in [0.29, 0.717) is 12.0 Å². The third-order valence-electron chi connectivity index (χ3n) is 2.60. The van der Waals surface area contributed by atoms with Gasteiger partial charge in [0, 0.05) is 13.2 Å². The summed E-state index contributed by atoms with van der Waals surface area (Å²) in [5.41, 5.74) is 7.48. The van der Waals surface area contributed by atoms with Crippen molar-refractivity contribution in [3.05, 3.63) is 23.3 Å². The Hall–Kier alpha value is -1.11. The van der Waals surface area contributed by atoms with Crippen molar-refractivity contribution in [1.82, 2.24) is 4.72 Å². The first-order valence-electron chi connectivity index (χ1n) is 5.36. The number of nitrogens with two attached hydrogens (primary N) is 1. The minimum absolute atomic E-state index is 0.0508. The predicted molar refractivity (Wildman–Crippen MR) is 67.2 cm³/mol. The lowest BCUT2D eigenvalue weighted by Crippen LogP contribution is -2.27. The molecular formula is C11H18N2O3S. The van der Waals surface area contributed by atoms with Crippen molar-refractivity contribution in [3.63, 3.8) is 0 Å². The second kappa shape index (κ2) is 5.48. The maximum Gasteiger partial charge on any atom is 0.242 e. The Morgan fingerprint density at radius 2 is 2.00 bits per heavy atom. The summed E-state index contributed by atoms with van der Waals surface area (Å²) in [6.45, 7) is 3.71. The molecule has 1 aromatic rings. The van der Waals surface area contributed by atoms with Crippen LogP contribution in [-0.4, -0.2) is 26.7 Å². The Labute approximate surface area is 102 Å². The van der Waals surface area contributed by atoms with Crippen molar-refractivity contribution in [2.24, 2.45) is 0 Å². The van der Waals surface area contributed by atoms with Crippen LogP contribution in [0.25, 0.3) is 0 Å². The Kier molecular flexibility index (Phi) is 4.50. The number of anilines is 1. The van der Waals surface area contributed by atoms with Crippen molar-refractivity contribution < 1.29 is 13.5 Å². The maximum atomic E-state index is 12.0. The van der Waals surface area contributed by atoms with Crippen molar-refractivity contribution in [1.29, 1.82) is 0 Å². The highest BCUT2D eigenvalue weighted by atomic mass is 32.2. The first kappa shape index (κ1) is 14.0. The van der Waals surface area contributed by atoms with Gasteiger partial charge in [-0.25, -0.2) is 13.1 Å². The highest BCUT2D eigenvalue weighted by Crippen LogP contribution is 2.24. The molecule has 0 saturated heterocycles. The molecule has 0 saturated carbocycles. The lowest BCUT2D eigenvalue weighted by atomic mass is 10.1. The predicted octanol–water partition coefficient (Wildman–Crippen LogP) is 0.546. The standard InChI is InChI=1S/C11H18N2O3S/c1-8-4-5-10(12)11(9(8)2)17(15,16)13-6-3-7-14/h4-5,13-14H,3,6-7,12H2,1-2H3. The van der Waals surface area contributed by atoms with Gasteiger partial charge in [-0.05, 0) is 37.5 Å². The molecule has 0 fully saturated rings. The number of aliphatic hydroxyl groups is 1. The molecule has 0 bridgehead atoms. The van der Waals surface area contributed by atoms with E-state index < -0.39 is 10.0 Å². The van der Waals surface area contributed by atoms with Crippen molar-refractivity contribution in [2.75, 3.05) is 18.9 Å². The number of sulfonamides is 1. The first-order valence-corrected chi connectivity index (χ1v) is 6.84. The summed E-state index contributed by atoms with van der Waals surface area (Å²) in [7, 11) is -3.60. The minimum Gasteiger partial charge on any atom is -0.398 e. The molecule has 5 nitrogen and oxygen atoms in total. The summed E-state index contributed by atoms with van der Waals surface area (Å²) in [5, 5.41) is 8.63. The van der Waals surface area contributed by atoms with Crippen LogP contribution in [0.3, 0.4) is 0 Å². The second-order valence-corrected chi connectivity index (χ2v) is 5.60. The molecule has 1 rings (SSSR count). The van der Waals surface area contributed by atoms with Crippen LogP contribution in [-0.2, 0) is 10.0 Å². The Balaban J connectivity index is 3.11. The van der Waals surface area contributed by atoms with E-state index in [0.717, 1.165) is 5.56 Å². The average molecular weight is 258 g/mol. The van der Waals surface area contributed by atoms with E-state index in [1.165, 1.54) is 0 Å². The number of hydrogen-bond acceptors (Lipinski definition) is 4. The van der Waals surface area contributed by atoms with Gasteiger partial charge in [0.2, 0.25) is 10.0 Å². The van der Waals surface area contributed by atoms with Crippen LogP contribution in [0, 0.1) is 13.8 Å². The summed E-state index contributed by atoms with van der Waals surface area (Å²) in [5.74, 6) is 0. The average Bonchev–Trinajstić information content (AvgIpc) is 2.24. The van der Waals surface area contributed by atoms with Gasteiger partial charge in [-0.1, -0.05) is 6.07 Å². The minimum atomic E-state index is -3.60. The van der Waals surface area contributed by atoms with Crippen LogP contribution in [0.15, 0.2) is 17.0 Å². The zero-order valence-corrected chi connectivity index (χ0v) is 10.8. The molecule has 0 heterocycles. The van der Waals surface area contributed by atoms with E-state index in [9.17, 15) is 8.42 Å². The fraction of sp³-hybridized carbons (Fsp3) is 0.455. The molecule has 0 unspecified atom stereocenters. The van der Waals surface area contributed by atoms with E-state index in [4.69, 9.17) is 10.8 Å². The van der Waals surface area contributed by atoms with E-state index in [1.54, 1.807) is 19.1 Å². The second-order valence-electron chi connectivity index (χ2n) is 3.90. The number of nitrogen functional groups attached to an aromatic ring is 1. The fourth-order valence-corrected chi connectivity index (χ4v) is 3.03. The summed E-state index contributed by atoms with van der Waals surface area (Å²) < 4.78 is 26.5. The molecular weight excluding hydrogens is 240 g/mol. The molecule has 0 aliphatic rings. The number of hydrogen-bond donors (Lipinski definition) is 3. The van der Waals surface area contributed by atoms with Crippen LogP contribution in [0.1, 0.15) is 17.5 Å². The number of nitrogens with one attached hydrogen (secondary N) is 1. The van der Waals surface area contributed by atoms with Gasteiger partial charge in [0.15, 0.2) is 0 Å². The zero-order chi connectivity index (χ0) is 13.1. The quantitative estimate of drug-likeness (QED) is 0.531. The molecule has 6 heteroatoms. The smallest absolute Gasteiger partial charge is 0.242 e. The van der Waals surface area contributed by atoms with Gasteiger partial charge in [-0.15, -0.1) is 0 Å². The molecule has 1 aromatic carbocycles. The van der Waals surface area contributed by atoms with Crippen molar-refractivity contribution in [3.8, 4) is 0 Å². The largest absolute Gasteiger partial charge is 0.398 e. The summed E-state index contributed by atoms with van der Waals surface area (Å²) >= 11 is 0. The monoisotopic (exact) mass is 258 g/mol. The summed E-state index contributed by atoms with van der Waals surface area (Å²) in [6, 6.07) is 3.38. The highest BCUT2D eigenvalue weighted by molar-refractivity contribution is 7.89. The third-order valence-corrected chi connectivity index (χ3v) is 4.27.